The van der Waals surface area contributed by atoms with Crippen LogP contribution in [0.5, 0.6) is 0 Å². The number of aromatic amines is 1. The lowest BCUT2D eigenvalue weighted by Crippen LogP contribution is -1.97. The second-order valence-electron chi connectivity index (χ2n) is 4.61. The zero-order chi connectivity index (χ0) is 15.1. The van der Waals surface area contributed by atoms with Crippen LogP contribution in [-0.4, -0.2) is 30.0 Å². The quantitative estimate of drug-likeness (QED) is 0.575. The fourth-order valence-electron chi connectivity index (χ4n) is 2.07. The van der Waals surface area contributed by atoms with E-state index in [1.54, 1.807) is 10.7 Å². The SMILES string of the molecule is Clc1ccc(Cc2nnc3sc(-c4[nH]ncc4Br)nn23)cc1. The highest BCUT2D eigenvalue weighted by Gasteiger charge is 2.16. The van der Waals surface area contributed by atoms with Crippen LogP contribution in [0.15, 0.2) is 34.9 Å². The van der Waals surface area contributed by atoms with Gasteiger partial charge in [0.2, 0.25) is 4.96 Å². The Kier molecular flexibility index (Phi) is 3.44. The van der Waals surface area contributed by atoms with E-state index in [1.807, 2.05) is 24.3 Å². The number of benzene rings is 1. The molecule has 0 bridgehead atoms. The molecule has 0 saturated carbocycles. The number of H-pyrrole nitrogens is 1. The third-order valence-electron chi connectivity index (χ3n) is 3.14. The van der Waals surface area contributed by atoms with Gasteiger partial charge in [-0.1, -0.05) is 35.1 Å². The maximum atomic E-state index is 5.91. The summed E-state index contributed by atoms with van der Waals surface area (Å²) in [5.74, 6) is 0.787. The number of halogens is 2. The average molecular weight is 396 g/mol. The first-order valence-corrected chi connectivity index (χ1v) is 8.34. The van der Waals surface area contributed by atoms with Crippen molar-refractivity contribution in [2.24, 2.45) is 0 Å². The molecule has 3 aromatic heterocycles. The zero-order valence-electron chi connectivity index (χ0n) is 11.0. The molecule has 0 aliphatic heterocycles. The molecule has 9 heteroatoms. The molecular weight excluding hydrogens is 388 g/mol. The predicted octanol–water partition coefficient (Wildman–Crippen LogP) is 3.58. The first-order valence-electron chi connectivity index (χ1n) is 6.35. The molecule has 0 amide bonds. The van der Waals surface area contributed by atoms with Crippen LogP contribution in [0.25, 0.3) is 15.7 Å². The minimum atomic E-state index is 0.644. The molecule has 110 valence electrons. The van der Waals surface area contributed by atoms with Gasteiger partial charge in [0.25, 0.3) is 0 Å². The molecule has 6 nitrogen and oxygen atoms in total. The zero-order valence-corrected chi connectivity index (χ0v) is 14.2. The van der Waals surface area contributed by atoms with E-state index >= 15 is 0 Å². The predicted molar refractivity (Wildman–Crippen MR) is 88.2 cm³/mol. The van der Waals surface area contributed by atoms with Crippen LogP contribution in [0.3, 0.4) is 0 Å². The highest BCUT2D eigenvalue weighted by molar-refractivity contribution is 9.10. The Labute approximate surface area is 142 Å². The number of fused-ring (bicyclic) bond motifs is 1. The molecule has 4 aromatic rings. The number of hydrogen-bond acceptors (Lipinski definition) is 5. The lowest BCUT2D eigenvalue weighted by atomic mass is 10.1. The minimum Gasteiger partial charge on any atom is -0.274 e. The molecule has 0 radical (unpaired) electrons. The van der Waals surface area contributed by atoms with Crippen LogP contribution in [0.2, 0.25) is 5.02 Å². The first kappa shape index (κ1) is 13.9. The molecule has 0 aliphatic carbocycles. The standard InChI is InChI=1S/C13H8BrClN6S/c14-9-6-16-18-11(9)12-20-21-10(17-19-13(21)22-12)5-7-1-3-8(15)4-2-7/h1-4,6H,5H2,(H,16,18). The van der Waals surface area contributed by atoms with Crippen LogP contribution in [0.4, 0.5) is 0 Å². The number of nitrogens with zero attached hydrogens (tertiary/aromatic N) is 5. The smallest absolute Gasteiger partial charge is 0.235 e. The largest absolute Gasteiger partial charge is 0.274 e. The van der Waals surface area contributed by atoms with Crippen LogP contribution < -0.4 is 0 Å². The van der Waals surface area contributed by atoms with E-state index in [0.29, 0.717) is 6.42 Å². The van der Waals surface area contributed by atoms with Crippen molar-refractivity contribution in [3.05, 3.63) is 51.3 Å². The van der Waals surface area contributed by atoms with Crippen LogP contribution in [0.1, 0.15) is 11.4 Å². The third kappa shape index (κ3) is 2.43. The Morgan fingerprint density at radius 3 is 2.77 bits per heavy atom. The molecule has 1 N–H and O–H groups in total. The summed E-state index contributed by atoms with van der Waals surface area (Å²) in [6.45, 7) is 0. The molecule has 22 heavy (non-hydrogen) atoms. The molecule has 0 fully saturated rings. The van der Waals surface area contributed by atoms with Crippen molar-refractivity contribution < 1.29 is 0 Å². The second-order valence-corrected chi connectivity index (χ2v) is 6.86. The van der Waals surface area contributed by atoms with Gasteiger partial charge in [0.05, 0.1) is 10.7 Å². The van der Waals surface area contributed by atoms with Crippen molar-refractivity contribution in [3.63, 3.8) is 0 Å². The number of rotatable bonds is 3. The minimum absolute atomic E-state index is 0.644. The van der Waals surface area contributed by atoms with Crippen molar-refractivity contribution in [3.8, 4) is 10.7 Å². The number of hydrogen-bond donors (Lipinski definition) is 1. The summed E-state index contributed by atoms with van der Waals surface area (Å²) in [5, 5.41) is 21.4. The maximum absolute atomic E-state index is 5.91. The normalized spacial score (nSPS) is 11.4. The summed E-state index contributed by atoms with van der Waals surface area (Å²) in [5.41, 5.74) is 1.95. The molecule has 4 rings (SSSR count). The molecule has 1 aromatic carbocycles. The van der Waals surface area contributed by atoms with Gasteiger partial charge in [-0.25, -0.2) is 0 Å². The lowest BCUT2D eigenvalue weighted by molar-refractivity contribution is 0.852. The highest BCUT2D eigenvalue weighted by Crippen LogP contribution is 2.29. The van der Waals surface area contributed by atoms with Gasteiger partial charge in [-0.2, -0.15) is 14.7 Å². The van der Waals surface area contributed by atoms with Gasteiger partial charge in [-0.3, -0.25) is 5.10 Å². The van der Waals surface area contributed by atoms with Gasteiger partial charge in [0.1, 0.15) is 5.69 Å². The van der Waals surface area contributed by atoms with Gasteiger partial charge < -0.3 is 0 Å². The molecule has 0 spiro atoms. The van der Waals surface area contributed by atoms with Gasteiger partial charge in [-0.05, 0) is 33.6 Å². The van der Waals surface area contributed by atoms with E-state index in [-0.39, 0.29) is 0 Å². The van der Waals surface area contributed by atoms with Crippen LogP contribution >= 0.6 is 38.9 Å². The first-order chi connectivity index (χ1) is 10.7. The number of nitrogens with one attached hydrogen (secondary N) is 1. The van der Waals surface area contributed by atoms with Gasteiger partial charge >= 0.3 is 0 Å². The van der Waals surface area contributed by atoms with Gasteiger partial charge in [-0.15, -0.1) is 10.2 Å². The molecule has 0 saturated heterocycles. The fraction of sp³-hybridized carbons (Fsp3) is 0.0769. The highest BCUT2D eigenvalue weighted by atomic mass is 79.9. The van der Waals surface area contributed by atoms with Crippen molar-refractivity contribution in [2.45, 2.75) is 6.42 Å². The maximum Gasteiger partial charge on any atom is 0.235 e. The summed E-state index contributed by atoms with van der Waals surface area (Å²) >= 11 is 10.8. The number of aromatic nitrogens is 6. The summed E-state index contributed by atoms with van der Waals surface area (Å²) < 4.78 is 2.64. The Bertz CT molecular complexity index is 941. The summed E-state index contributed by atoms with van der Waals surface area (Å²) in [6.07, 6.45) is 2.35. The van der Waals surface area contributed by atoms with E-state index in [1.165, 1.54) is 11.3 Å². The topological polar surface area (TPSA) is 71.8 Å². The monoisotopic (exact) mass is 394 g/mol. The van der Waals surface area contributed by atoms with E-state index in [9.17, 15) is 0 Å². The Morgan fingerprint density at radius 2 is 2.05 bits per heavy atom. The average Bonchev–Trinajstić information content (AvgIpc) is 3.18. The summed E-state index contributed by atoms with van der Waals surface area (Å²) in [4.78, 5) is 0.750. The molecule has 0 unspecified atom stereocenters. The van der Waals surface area contributed by atoms with Gasteiger partial charge in [0.15, 0.2) is 10.8 Å². The van der Waals surface area contributed by atoms with Gasteiger partial charge in [0, 0.05) is 11.4 Å². The molecule has 0 aliphatic rings. The van der Waals surface area contributed by atoms with Crippen molar-refractivity contribution in [1.82, 2.24) is 30.0 Å². The van der Waals surface area contributed by atoms with E-state index in [2.05, 4.69) is 41.4 Å². The second kappa shape index (κ2) is 5.45. The molecule has 0 atom stereocenters. The summed E-state index contributed by atoms with van der Waals surface area (Å²) in [7, 11) is 0. The van der Waals surface area contributed by atoms with E-state index < -0.39 is 0 Å². The van der Waals surface area contributed by atoms with E-state index in [4.69, 9.17) is 11.6 Å². The lowest BCUT2D eigenvalue weighted by Gasteiger charge is -1.98. The summed E-state index contributed by atoms with van der Waals surface area (Å²) in [6, 6.07) is 7.68. The Morgan fingerprint density at radius 1 is 1.23 bits per heavy atom. The molecular formula is C13H8BrClN6S. The van der Waals surface area contributed by atoms with Crippen molar-refractivity contribution in [2.75, 3.05) is 0 Å². The Balaban J connectivity index is 1.72. The van der Waals surface area contributed by atoms with Crippen LogP contribution in [-0.2, 0) is 6.42 Å². The van der Waals surface area contributed by atoms with Crippen molar-refractivity contribution >= 4 is 43.8 Å². The van der Waals surface area contributed by atoms with E-state index in [0.717, 1.165) is 36.5 Å². The Hall–Kier alpha value is -1.77. The van der Waals surface area contributed by atoms with Crippen molar-refractivity contribution in [1.29, 1.82) is 0 Å². The van der Waals surface area contributed by atoms with Crippen LogP contribution in [0, 0.1) is 0 Å². The molecule has 3 heterocycles. The fourth-order valence-corrected chi connectivity index (χ4v) is 3.58. The third-order valence-corrected chi connectivity index (χ3v) is 4.91.